The maximum absolute atomic E-state index is 12.0. The van der Waals surface area contributed by atoms with Crippen LogP contribution in [0.15, 0.2) is 41.0 Å². The number of nitrogens with zero attached hydrogens (tertiary/aromatic N) is 1. The van der Waals surface area contributed by atoms with Crippen molar-refractivity contribution >= 4 is 45.1 Å². The van der Waals surface area contributed by atoms with Gasteiger partial charge in [0.15, 0.2) is 0 Å². The van der Waals surface area contributed by atoms with Crippen molar-refractivity contribution in [3.05, 3.63) is 57.3 Å². The maximum atomic E-state index is 12.0. The second-order valence-corrected chi connectivity index (χ2v) is 5.03. The summed E-state index contributed by atoms with van der Waals surface area (Å²) >= 11 is 8.85. The number of amides is 1. The summed E-state index contributed by atoms with van der Waals surface area (Å²) in [5.74, 6) is -1.60. The summed E-state index contributed by atoms with van der Waals surface area (Å²) in [6, 6.07) is 7.61. The summed E-state index contributed by atoms with van der Waals surface area (Å²) in [4.78, 5) is 27.0. The second kappa shape index (κ2) is 6.02. The summed E-state index contributed by atoms with van der Waals surface area (Å²) in [5, 5.41) is 11.9. The summed E-state index contributed by atoms with van der Waals surface area (Å²) in [7, 11) is 0. The Kier molecular flexibility index (Phi) is 4.36. The first-order chi connectivity index (χ1) is 9.49. The van der Waals surface area contributed by atoms with Crippen molar-refractivity contribution in [2.24, 2.45) is 0 Å². The number of carboxylic acids is 1. The van der Waals surface area contributed by atoms with Crippen LogP contribution >= 0.6 is 27.5 Å². The van der Waals surface area contributed by atoms with E-state index in [0.29, 0.717) is 4.47 Å². The molecular formula is C13H8BrClN2O3. The predicted octanol–water partition coefficient (Wildman–Crippen LogP) is 3.45. The summed E-state index contributed by atoms with van der Waals surface area (Å²) in [5.41, 5.74) is 0.469. The second-order valence-electron chi connectivity index (χ2n) is 3.79. The van der Waals surface area contributed by atoms with Gasteiger partial charge >= 0.3 is 5.97 Å². The quantitative estimate of drug-likeness (QED) is 0.827. The Hall–Kier alpha value is -1.92. The number of rotatable bonds is 3. The zero-order chi connectivity index (χ0) is 14.7. The largest absolute Gasteiger partial charge is 0.478 e. The fraction of sp³-hybridized carbons (Fsp3) is 0. The predicted molar refractivity (Wildman–Crippen MR) is 78.3 cm³/mol. The van der Waals surface area contributed by atoms with Crippen molar-refractivity contribution in [2.75, 3.05) is 5.32 Å². The molecule has 0 saturated carbocycles. The van der Waals surface area contributed by atoms with Gasteiger partial charge in [-0.3, -0.25) is 4.79 Å². The van der Waals surface area contributed by atoms with E-state index >= 15 is 0 Å². The standard InChI is InChI=1S/C13H8BrClN2O3/c14-9-3-1-2-8(13(19)20)11(9)17-12(18)7-4-5-10(15)16-6-7/h1-6H,(H,17,18)(H,19,20). The number of pyridine rings is 1. The topological polar surface area (TPSA) is 79.3 Å². The molecular weight excluding hydrogens is 348 g/mol. The number of carboxylic acid groups (broad SMARTS) is 1. The average Bonchev–Trinajstić information content (AvgIpc) is 2.41. The van der Waals surface area contributed by atoms with Crippen molar-refractivity contribution in [3.63, 3.8) is 0 Å². The molecule has 1 aromatic heterocycles. The first-order valence-corrected chi connectivity index (χ1v) is 6.61. The molecule has 7 heteroatoms. The molecule has 20 heavy (non-hydrogen) atoms. The van der Waals surface area contributed by atoms with Gasteiger partial charge in [-0.05, 0) is 40.2 Å². The van der Waals surface area contributed by atoms with Crippen LogP contribution in [0.1, 0.15) is 20.7 Å². The van der Waals surface area contributed by atoms with Crippen molar-refractivity contribution < 1.29 is 14.7 Å². The van der Waals surface area contributed by atoms with E-state index in [1.54, 1.807) is 12.1 Å². The third-order valence-corrected chi connectivity index (χ3v) is 3.36. The lowest BCUT2D eigenvalue weighted by atomic mass is 10.1. The van der Waals surface area contributed by atoms with E-state index in [1.807, 2.05) is 0 Å². The van der Waals surface area contributed by atoms with Gasteiger partial charge in [0, 0.05) is 10.7 Å². The molecule has 0 saturated heterocycles. The smallest absolute Gasteiger partial charge is 0.337 e. The highest BCUT2D eigenvalue weighted by Gasteiger charge is 2.16. The molecule has 0 aliphatic carbocycles. The van der Waals surface area contributed by atoms with E-state index in [2.05, 4.69) is 26.2 Å². The molecule has 1 aromatic carbocycles. The van der Waals surface area contributed by atoms with E-state index in [1.165, 1.54) is 24.4 Å². The third-order valence-electron chi connectivity index (χ3n) is 2.47. The number of nitrogens with one attached hydrogen (secondary N) is 1. The van der Waals surface area contributed by atoms with Crippen LogP contribution in [-0.4, -0.2) is 22.0 Å². The van der Waals surface area contributed by atoms with Crippen LogP contribution in [0, 0.1) is 0 Å². The Labute approximate surface area is 127 Å². The molecule has 0 fully saturated rings. The van der Waals surface area contributed by atoms with Gasteiger partial charge in [-0.15, -0.1) is 0 Å². The number of halogens is 2. The molecule has 0 atom stereocenters. The van der Waals surface area contributed by atoms with Gasteiger partial charge in [-0.1, -0.05) is 17.7 Å². The van der Waals surface area contributed by atoms with Gasteiger partial charge < -0.3 is 10.4 Å². The molecule has 5 nitrogen and oxygen atoms in total. The van der Waals surface area contributed by atoms with Crippen molar-refractivity contribution in [1.82, 2.24) is 4.98 Å². The molecule has 2 N–H and O–H groups in total. The number of benzene rings is 1. The SMILES string of the molecule is O=C(Nc1c(Br)cccc1C(=O)O)c1ccc(Cl)nc1. The number of carbonyl (C=O) groups is 2. The van der Waals surface area contributed by atoms with Crippen LogP contribution in [0.4, 0.5) is 5.69 Å². The lowest BCUT2D eigenvalue weighted by Crippen LogP contribution is -2.15. The minimum atomic E-state index is -1.13. The van der Waals surface area contributed by atoms with Gasteiger partial charge in [0.05, 0.1) is 16.8 Å². The minimum absolute atomic E-state index is 0.00496. The molecule has 1 heterocycles. The monoisotopic (exact) mass is 354 g/mol. The van der Waals surface area contributed by atoms with Gasteiger partial charge in [-0.2, -0.15) is 0 Å². The molecule has 0 radical (unpaired) electrons. The van der Waals surface area contributed by atoms with Crippen LogP contribution < -0.4 is 5.32 Å². The number of hydrogen-bond donors (Lipinski definition) is 2. The Balaban J connectivity index is 2.32. The number of para-hydroxylation sites is 1. The van der Waals surface area contributed by atoms with Crippen LogP contribution in [0.5, 0.6) is 0 Å². The molecule has 0 bridgehead atoms. The molecule has 0 unspecified atom stereocenters. The molecule has 2 aromatic rings. The van der Waals surface area contributed by atoms with Gasteiger partial charge in [0.25, 0.3) is 5.91 Å². The normalized spacial score (nSPS) is 10.1. The highest BCUT2D eigenvalue weighted by atomic mass is 79.9. The molecule has 1 amide bonds. The van der Waals surface area contributed by atoms with E-state index in [4.69, 9.17) is 16.7 Å². The van der Waals surface area contributed by atoms with Crippen molar-refractivity contribution in [2.45, 2.75) is 0 Å². The van der Waals surface area contributed by atoms with Crippen LogP contribution in [-0.2, 0) is 0 Å². The van der Waals surface area contributed by atoms with E-state index in [0.717, 1.165) is 0 Å². The lowest BCUT2D eigenvalue weighted by molar-refractivity contribution is 0.0698. The van der Waals surface area contributed by atoms with Gasteiger partial charge in [0.1, 0.15) is 5.15 Å². The first kappa shape index (κ1) is 14.5. The van der Waals surface area contributed by atoms with E-state index in [9.17, 15) is 9.59 Å². The molecule has 0 aliphatic heterocycles. The minimum Gasteiger partial charge on any atom is -0.478 e. The fourth-order valence-electron chi connectivity index (χ4n) is 1.53. The third kappa shape index (κ3) is 3.15. The molecule has 102 valence electrons. The molecule has 2 rings (SSSR count). The molecule has 0 aliphatic rings. The van der Waals surface area contributed by atoms with E-state index in [-0.39, 0.29) is 22.0 Å². The van der Waals surface area contributed by atoms with E-state index < -0.39 is 11.9 Å². The zero-order valence-corrected chi connectivity index (χ0v) is 12.3. The Morgan fingerprint density at radius 3 is 2.60 bits per heavy atom. The van der Waals surface area contributed by atoms with Crippen molar-refractivity contribution in [1.29, 1.82) is 0 Å². The fourth-order valence-corrected chi connectivity index (χ4v) is 2.10. The number of aromatic nitrogens is 1. The average molecular weight is 356 g/mol. The lowest BCUT2D eigenvalue weighted by Gasteiger charge is -2.10. The van der Waals surface area contributed by atoms with Crippen molar-refractivity contribution in [3.8, 4) is 0 Å². The van der Waals surface area contributed by atoms with Gasteiger partial charge in [-0.25, -0.2) is 9.78 Å². The Morgan fingerprint density at radius 2 is 2.00 bits per heavy atom. The summed E-state index contributed by atoms with van der Waals surface area (Å²) < 4.78 is 0.479. The van der Waals surface area contributed by atoms with Crippen LogP contribution in [0.25, 0.3) is 0 Å². The zero-order valence-electron chi connectivity index (χ0n) is 9.93. The maximum Gasteiger partial charge on any atom is 0.337 e. The molecule has 0 spiro atoms. The van der Waals surface area contributed by atoms with Crippen LogP contribution in [0.3, 0.4) is 0 Å². The van der Waals surface area contributed by atoms with Crippen LogP contribution in [0.2, 0.25) is 5.15 Å². The number of hydrogen-bond acceptors (Lipinski definition) is 3. The highest BCUT2D eigenvalue weighted by molar-refractivity contribution is 9.10. The number of anilines is 1. The number of aromatic carboxylic acids is 1. The first-order valence-electron chi connectivity index (χ1n) is 5.44. The van der Waals surface area contributed by atoms with Gasteiger partial charge in [0.2, 0.25) is 0 Å². The summed E-state index contributed by atoms with van der Waals surface area (Å²) in [6.45, 7) is 0. The Bertz CT molecular complexity index is 674. The highest BCUT2D eigenvalue weighted by Crippen LogP contribution is 2.27. The summed E-state index contributed by atoms with van der Waals surface area (Å²) in [6.07, 6.45) is 1.31. The Morgan fingerprint density at radius 1 is 1.25 bits per heavy atom. The number of carbonyl (C=O) groups excluding carboxylic acids is 1.